The zero-order chi connectivity index (χ0) is 13.9. The van der Waals surface area contributed by atoms with Crippen molar-refractivity contribution in [2.24, 2.45) is 17.3 Å². The Kier molecular flexibility index (Phi) is 4.88. The lowest BCUT2D eigenvalue weighted by Crippen LogP contribution is -2.42. The van der Waals surface area contributed by atoms with Crippen molar-refractivity contribution in [3.8, 4) is 0 Å². The van der Waals surface area contributed by atoms with Crippen LogP contribution in [0.15, 0.2) is 0 Å². The molecule has 0 radical (unpaired) electrons. The molecule has 2 fully saturated rings. The van der Waals surface area contributed by atoms with Gasteiger partial charge in [-0.25, -0.2) is 0 Å². The van der Waals surface area contributed by atoms with E-state index >= 15 is 0 Å². The van der Waals surface area contributed by atoms with Gasteiger partial charge in [-0.15, -0.1) is 0 Å². The number of carbonyl (C=O) groups is 1. The maximum atomic E-state index is 12.1. The van der Waals surface area contributed by atoms with E-state index in [1.54, 1.807) is 0 Å². The Morgan fingerprint density at radius 2 is 1.89 bits per heavy atom. The average molecular weight is 266 g/mol. The molecule has 0 bridgehead atoms. The van der Waals surface area contributed by atoms with Gasteiger partial charge in [-0.3, -0.25) is 4.79 Å². The quantitative estimate of drug-likeness (QED) is 0.821. The predicted octanol–water partition coefficient (Wildman–Crippen LogP) is 2.71. The molecule has 3 heteroatoms. The van der Waals surface area contributed by atoms with E-state index in [0.717, 1.165) is 25.4 Å². The van der Waals surface area contributed by atoms with E-state index in [0.29, 0.717) is 11.5 Å². The van der Waals surface area contributed by atoms with Crippen LogP contribution in [0.1, 0.15) is 59.3 Å². The van der Waals surface area contributed by atoms with E-state index in [1.807, 2.05) is 0 Å². The molecule has 0 aromatic heterocycles. The van der Waals surface area contributed by atoms with Gasteiger partial charge in [-0.2, -0.15) is 0 Å². The molecular formula is C16H30N2O. The summed E-state index contributed by atoms with van der Waals surface area (Å²) in [6, 6.07) is 0.428. The molecule has 1 atom stereocenters. The van der Waals surface area contributed by atoms with Gasteiger partial charge < -0.3 is 10.6 Å². The molecule has 1 saturated carbocycles. The highest BCUT2D eigenvalue weighted by Gasteiger charge is 2.33. The summed E-state index contributed by atoms with van der Waals surface area (Å²) >= 11 is 0. The fourth-order valence-electron chi connectivity index (χ4n) is 3.51. The van der Waals surface area contributed by atoms with Crippen molar-refractivity contribution in [1.29, 1.82) is 0 Å². The molecule has 19 heavy (non-hydrogen) atoms. The summed E-state index contributed by atoms with van der Waals surface area (Å²) in [5.41, 5.74) is 0.463. The molecule has 0 aromatic carbocycles. The number of hydrogen-bond donors (Lipinski definition) is 2. The van der Waals surface area contributed by atoms with E-state index in [4.69, 9.17) is 0 Å². The molecule has 1 unspecified atom stereocenters. The fraction of sp³-hybridized carbons (Fsp3) is 0.938. The molecule has 2 aliphatic rings. The van der Waals surface area contributed by atoms with E-state index < -0.39 is 0 Å². The molecule has 110 valence electrons. The molecule has 1 aliphatic carbocycles. The summed E-state index contributed by atoms with van der Waals surface area (Å²) in [5.74, 6) is 1.33. The van der Waals surface area contributed by atoms with Gasteiger partial charge in [-0.05, 0) is 50.0 Å². The molecule has 2 N–H and O–H groups in total. The minimum atomic E-state index is 0.213. The second-order valence-corrected chi connectivity index (χ2v) is 7.09. The summed E-state index contributed by atoms with van der Waals surface area (Å²) in [6.07, 6.45) is 7.13. The Balaban J connectivity index is 1.75. The lowest BCUT2D eigenvalue weighted by molar-refractivity contribution is -0.125. The zero-order valence-corrected chi connectivity index (χ0v) is 12.8. The Bertz CT molecular complexity index is 300. The first kappa shape index (κ1) is 14.8. The summed E-state index contributed by atoms with van der Waals surface area (Å²) < 4.78 is 0. The summed E-state index contributed by atoms with van der Waals surface area (Å²) in [6.45, 7) is 8.93. The molecule has 1 saturated heterocycles. The average Bonchev–Trinajstić information content (AvgIpc) is 2.93. The van der Waals surface area contributed by atoms with Gasteiger partial charge in [0.2, 0.25) is 5.91 Å². The van der Waals surface area contributed by atoms with Crippen LogP contribution in [0, 0.1) is 17.3 Å². The Labute approximate surface area is 117 Å². The Morgan fingerprint density at radius 1 is 1.21 bits per heavy atom. The molecule has 0 aromatic rings. The van der Waals surface area contributed by atoms with Crippen molar-refractivity contribution in [1.82, 2.24) is 10.6 Å². The molecule has 1 heterocycles. The van der Waals surface area contributed by atoms with Gasteiger partial charge in [0.15, 0.2) is 0 Å². The van der Waals surface area contributed by atoms with Crippen molar-refractivity contribution in [2.75, 3.05) is 13.1 Å². The van der Waals surface area contributed by atoms with Crippen LogP contribution in [0.25, 0.3) is 0 Å². The SMILES string of the molecule is CCC(C)(C)C1CCC(NC(=O)C2CCNC2)CC1. The van der Waals surface area contributed by atoms with Crippen LogP contribution in [0.4, 0.5) is 0 Å². The van der Waals surface area contributed by atoms with Gasteiger partial charge in [0.25, 0.3) is 0 Å². The van der Waals surface area contributed by atoms with E-state index in [9.17, 15) is 4.79 Å². The van der Waals surface area contributed by atoms with Crippen LogP contribution in [0.2, 0.25) is 0 Å². The summed E-state index contributed by atoms with van der Waals surface area (Å²) in [4.78, 5) is 12.1. The number of hydrogen-bond acceptors (Lipinski definition) is 2. The van der Waals surface area contributed by atoms with Crippen LogP contribution in [-0.2, 0) is 4.79 Å². The highest BCUT2D eigenvalue weighted by atomic mass is 16.2. The molecule has 0 spiro atoms. The number of amides is 1. The topological polar surface area (TPSA) is 41.1 Å². The van der Waals surface area contributed by atoms with Crippen LogP contribution in [0.3, 0.4) is 0 Å². The van der Waals surface area contributed by atoms with Crippen molar-refractivity contribution in [3.63, 3.8) is 0 Å². The second kappa shape index (κ2) is 6.25. The number of rotatable bonds is 4. The van der Waals surface area contributed by atoms with Crippen LogP contribution >= 0.6 is 0 Å². The molecule has 3 nitrogen and oxygen atoms in total. The van der Waals surface area contributed by atoms with E-state index in [-0.39, 0.29) is 11.8 Å². The molecule has 2 rings (SSSR count). The number of carbonyl (C=O) groups excluding carboxylic acids is 1. The maximum Gasteiger partial charge on any atom is 0.224 e. The first-order chi connectivity index (χ1) is 9.03. The zero-order valence-electron chi connectivity index (χ0n) is 12.8. The molecule has 1 aliphatic heterocycles. The number of nitrogens with one attached hydrogen (secondary N) is 2. The monoisotopic (exact) mass is 266 g/mol. The first-order valence-electron chi connectivity index (χ1n) is 8.04. The third-order valence-electron chi connectivity index (χ3n) is 5.52. The van der Waals surface area contributed by atoms with Crippen molar-refractivity contribution >= 4 is 5.91 Å². The van der Waals surface area contributed by atoms with Gasteiger partial charge in [0, 0.05) is 12.6 Å². The minimum absolute atomic E-state index is 0.213. The molecule has 1 amide bonds. The summed E-state index contributed by atoms with van der Waals surface area (Å²) in [5, 5.41) is 6.54. The van der Waals surface area contributed by atoms with Gasteiger partial charge >= 0.3 is 0 Å². The van der Waals surface area contributed by atoms with Crippen LogP contribution in [0.5, 0.6) is 0 Å². The lowest BCUT2D eigenvalue weighted by atomic mass is 9.69. The minimum Gasteiger partial charge on any atom is -0.353 e. The van der Waals surface area contributed by atoms with Crippen LogP contribution < -0.4 is 10.6 Å². The lowest BCUT2D eigenvalue weighted by Gasteiger charge is -2.39. The van der Waals surface area contributed by atoms with Gasteiger partial charge in [0.1, 0.15) is 0 Å². The fourth-order valence-corrected chi connectivity index (χ4v) is 3.51. The van der Waals surface area contributed by atoms with Crippen molar-refractivity contribution in [2.45, 2.75) is 65.3 Å². The van der Waals surface area contributed by atoms with Gasteiger partial charge in [-0.1, -0.05) is 27.2 Å². The van der Waals surface area contributed by atoms with E-state index in [2.05, 4.69) is 31.4 Å². The standard InChI is InChI=1S/C16H30N2O/c1-4-16(2,3)13-5-7-14(8-6-13)18-15(19)12-9-10-17-11-12/h12-14,17H,4-11H2,1-3H3,(H,18,19). The third-order valence-corrected chi connectivity index (χ3v) is 5.52. The highest BCUT2D eigenvalue weighted by Crippen LogP contribution is 2.40. The normalized spacial score (nSPS) is 32.3. The Morgan fingerprint density at radius 3 is 2.42 bits per heavy atom. The third kappa shape index (κ3) is 3.71. The van der Waals surface area contributed by atoms with E-state index in [1.165, 1.54) is 32.1 Å². The van der Waals surface area contributed by atoms with Crippen LogP contribution in [-0.4, -0.2) is 25.0 Å². The molecular weight excluding hydrogens is 236 g/mol. The highest BCUT2D eigenvalue weighted by molar-refractivity contribution is 5.79. The predicted molar refractivity (Wildman–Crippen MR) is 78.9 cm³/mol. The summed E-state index contributed by atoms with van der Waals surface area (Å²) in [7, 11) is 0. The maximum absolute atomic E-state index is 12.1. The largest absolute Gasteiger partial charge is 0.353 e. The van der Waals surface area contributed by atoms with Crippen molar-refractivity contribution in [3.05, 3.63) is 0 Å². The first-order valence-corrected chi connectivity index (χ1v) is 8.04. The Hall–Kier alpha value is -0.570. The van der Waals surface area contributed by atoms with Crippen molar-refractivity contribution < 1.29 is 4.79 Å². The smallest absolute Gasteiger partial charge is 0.224 e. The second-order valence-electron chi connectivity index (χ2n) is 7.09. The van der Waals surface area contributed by atoms with Gasteiger partial charge in [0.05, 0.1) is 5.92 Å².